The van der Waals surface area contributed by atoms with Crippen LogP contribution < -0.4 is 5.32 Å². The molecular weight excluding hydrogens is 477 g/mol. The predicted octanol–water partition coefficient (Wildman–Crippen LogP) is 5.25. The molecule has 0 aromatic heterocycles. The smallest absolute Gasteiger partial charge is 0.282 e. The molecule has 8 nitrogen and oxygen atoms in total. The highest BCUT2D eigenvalue weighted by Crippen LogP contribution is 2.24. The van der Waals surface area contributed by atoms with Crippen LogP contribution >= 0.6 is 23.2 Å². The van der Waals surface area contributed by atoms with Crippen LogP contribution in [0.2, 0.25) is 10.0 Å². The third-order valence-electron chi connectivity index (χ3n) is 4.79. The van der Waals surface area contributed by atoms with Crippen LogP contribution in [0.15, 0.2) is 94.2 Å². The number of halogens is 2. The fourth-order valence-electron chi connectivity index (χ4n) is 3.15. The third kappa shape index (κ3) is 5.36. The van der Waals surface area contributed by atoms with Gasteiger partial charge in [0.15, 0.2) is 6.04 Å². The van der Waals surface area contributed by atoms with E-state index in [1.807, 2.05) is 6.07 Å². The molecule has 1 N–H and O–H groups in total. The molecule has 3 aromatic carbocycles. The van der Waals surface area contributed by atoms with Crippen molar-refractivity contribution in [3.63, 3.8) is 0 Å². The topological polar surface area (TPSA) is 104 Å². The van der Waals surface area contributed by atoms with E-state index in [0.29, 0.717) is 32.0 Å². The lowest BCUT2D eigenvalue weighted by Crippen LogP contribution is -2.36. The van der Waals surface area contributed by atoms with Gasteiger partial charge in [-0.05, 0) is 36.4 Å². The molecule has 3 amide bonds. The Balaban J connectivity index is 1.55. The number of azo groups is 1. The Bertz CT molecular complexity index is 1290. The molecule has 3 aromatic rings. The zero-order valence-electron chi connectivity index (χ0n) is 17.6. The van der Waals surface area contributed by atoms with Crippen molar-refractivity contribution in [1.29, 1.82) is 0 Å². The second kappa shape index (κ2) is 10.4. The van der Waals surface area contributed by atoms with Gasteiger partial charge in [0.25, 0.3) is 11.8 Å². The van der Waals surface area contributed by atoms with E-state index in [1.54, 1.807) is 72.8 Å². The number of hydrogen-bond donors (Lipinski definition) is 1. The molecule has 0 spiro atoms. The number of rotatable bonds is 6. The van der Waals surface area contributed by atoms with E-state index in [9.17, 15) is 14.4 Å². The summed E-state index contributed by atoms with van der Waals surface area (Å²) in [6.45, 7) is 0. The summed E-state index contributed by atoms with van der Waals surface area (Å²) in [7, 11) is 0. The first-order valence-electron chi connectivity index (χ1n) is 10.1. The van der Waals surface area contributed by atoms with Gasteiger partial charge in [-0.2, -0.15) is 20.3 Å². The molecule has 4 rings (SSSR count). The van der Waals surface area contributed by atoms with Crippen molar-refractivity contribution in [3.8, 4) is 0 Å². The number of anilines is 1. The lowest BCUT2D eigenvalue weighted by molar-refractivity contribution is -0.144. The Hall–Kier alpha value is -3.88. The molecule has 0 bridgehead atoms. The monoisotopic (exact) mass is 493 g/mol. The number of imide groups is 1. The first-order valence-corrected chi connectivity index (χ1v) is 10.9. The number of hydrogen-bond acceptors (Lipinski definition) is 6. The molecule has 1 aliphatic heterocycles. The SMILES string of the molecule is O=C(CC(=O)N1N=C(c2ccccc2)[C@H](N=Nc2ccc(Cl)cc2)C1=O)Nc1ccccc1Cl. The van der Waals surface area contributed by atoms with Crippen LogP contribution in [-0.2, 0) is 14.4 Å². The summed E-state index contributed by atoms with van der Waals surface area (Å²) in [6.07, 6.45) is -0.608. The Morgan fingerprint density at radius 3 is 2.32 bits per heavy atom. The third-order valence-corrected chi connectivity index (χ3v) is 5.37. The molecule has 1 heterocycles. The fourth-order valence-corrected chi connectivity index (χ4v) is 3.46. The zero-order chi connectivity index (χ0) is 24.1. The van der Waals surface area contributed by atoms with Crippen LogP contribution in [0.25, 0.3) is 0 Å². The van der Waals surface area contributed by atoms with Crippen molar-refractivity contribution in [3.05, 3.63) is 94.5 Å². The van der Waals surface area contributed by atoms with Crippen molar-refractivity contribution in [1.82, 2.24) is 5.01 Å². The molecule has 170 valence electrons. The number of amides is 3. The molecule has 10 heteroatoms. The maximum Gasteiger partial charge on any atom is 0.282 e. The molecule has 0 aliphatic carbocycles. The number of hydrazone groups is 1. The number of nitrogens with zero attached hydrogens (tertiary/aromatic N) is 4. The van der Waals surface area contributed by atoms with Gasteiger partial charge in [0, 0.05) is 10.6 Å². The molecule has 0 radical (unpaired) electrons. The molecule has 1 aliphatic rings. The summed E-state index contributed by atoms with van der Waals surface area (Å²) >= 11 is 11.9. The van der Waals surface area contributed by atoms with Gasteiger partial charge >= 0.3 is 0 Å². The van der Waals surface area contributed by atoms with Crippen molar-refractivity contribution < 1.29 is 14.4 Å². The molecule has 0 fully saturated rings. The minimum absolute atomic E-state index is 0.253. The van der Waals surface area contributed by atoms with E-state index < -0.39 is 30.2 Å². The van der Waals surface area contributed by atoms with E-state index >= 15 is 0 Å². The molecule has 0 saturated carbocycles. The largest absolute Gasteiger partial charge is 0.324 e. The molecule has 34 heavy (non-hydrogen) atoms. The highest BCUT2D eigenvalue weighted by atomic mass is 35.5. The first-order chi connectivity index (χ1) is 16.4. The summed E-state index contributed by atoms with van der Waals surface area (Å²) in [5.74, 6) is -2.13. The Morgan fingerprint density at radius 1 is 0.941 bits per heavy atom. The van der Waals surface area contributed by atoms with Crippen LogP contribution in [-0.4, -0.2) is 34.5 Å². The number of carbonyl (C=O) groups is 3. The standard InChI is InChI=1S/C24H17Cl2N5O3/c25-16-10-12-17(13-11-16)28-29-23-22(15-6-2-1-3-7-15)30-31(24(23)34)21(33)14-20(32)27-19-9-5-4-8-18(19)26/h1-13,23H,14H2,(H,27,32)/t23-/m0/s1. The number of para-hydroxylation sites is 1. The lowest BCUT2D eigenvalue weighted by Gasteiger charge is -2.11. The van der Waals surface area contributed by atoms with Crippen LogP contribution in [0.4, 0.5) is 11.4 Å². The maximum atomic E-state index is 13.1. The quantitative estimate of drug-likeness (QED) is 0.374. The highest BCUT2D eigenvalue weighted by molar-refractivity contribution is 6.34. The Labute approximate surface area is 204 Å². The van der Waals surface area contributed by atoms with Crippen LogP contribution in [0.5, 0.6) is 0 Å². The summed E-state index contributed by atoms with van der Waals surface area (Å²) in [6, 6.07) is 20.9. The van der Waals surface area contributed by atoms with E-state index in [-0.39, 0.29) is 5.71 Å². The summed E-state index contributed by atoms with van der Waals surface area (Å²) in [5.41, 5.74) is 1.70. The highest BCUT2D eigenvalue weighted by Gasteiger charge is 2.40. The molecule has 0 saturated heterocycles. The summed E-state index contributed by atoms with van der Waals surface area (Å²) < 4.78 is 0. The van der Waals surface area contributed by atoms with Gasteiger partial charge in [0.2, 0.25) is 5.91 Å². The van der Waals surface area contributed by atoms with E-state index in [1.165, 1.54) is 0 Å². The van der Waals surface area contributed by atoms with Gasteiger partial charge in [0.1, 0.15) is 12.1 Å². The van der Waals surface area contributed by atoms with E-state index in [0.717, 1.165) is 0 Å². The fraction of sp³-hybridized carbons (Fsp3) is 0.0833. The maximum absolute atomic E-state index is 13.1. The van der Waals surface area contributed by atoms with E-state index in [4.69, 9.17) is 23.2 Å². The van der Waals surface area contributed by atoms with Crippen molar-refractivity contribution >= 4 is 58.0 Å². The van der Waals surface area contributed by atoms with Gasteiger partial charge < -0.3 is 5.32 Å². The minimum Gasteiger partial charge on any atom is -0.324 e. The van der Waals surface area contributed by atoms with Gasteiger partial charge in [-0.3, -0.25) is 14.4 Å². The molecule has 1 atom stereocenters. The predicted molar refractivity (Wildman–Crippen MR) is 129 cm³/mol. The number of carbonyl (C=O) groups excluding carboxylic acids is 3. The van der Waals surface area contributed by atoms with Gasteiger partial charge in [-0.15, -0.1) is 0 Å². The van der Waals surface area contributed by atoms with Gasteiger partial charge in [-0.25, -0.2) is 0 Å². The lowest BCUT2D eigenvalue weighted by atomic mass is 10.0. The molecule has 0 unspecified atom stereocenters. The van der Waals surface area contributed by atoms with Crippen LogP contribution in [0.3, 0.4) is 0 Å². The van der Waals surface area contributed by atoms with Gasteiger partial charge in [-0.1, -0.05) is 65.7 Å². The first kappa shape index (κ1) is 23.3. The van der Waals surface area contributed by atoms with Crippen molar-refractivity contribution in [2.24, 2.45) is 15.3 Å². The summed E-state index contributed by atoms with van der Waals surface area (Å²) in [5, 5.41) is 16.5. The second-order valence-electron chi connectivity index (χ2n) is 7.19. The minimum atomic E-state index is -1.14. The van der Waals surface area contributed by atoms with Gasteiger partial charge in [0.05, 0.1) is 16.4 Å². The molecular formula is C24H17Cl2N5O3. The average Bonchev–Trinajstić information content (AvgIpc) is 3.17. The summed E-state index contributed by atoms with van der Waals surface area (Å²) in [4.78, 5) is 38.2. The van der Waals surface area contributed by atoms with E-state index in [2.05, 4.69) is 20.6 Å². The number of nitrogens with one attached hydrogen (secondary N) is 1. The Kier molecular flexibility index (Phi) is 7.10. The normalized spacial score (nSPS) is 15.5. The average molecular weight is 494 g/mol. The second-order valence-corrected chi connectivity index (χ2v) is 8.04. The van der Waals surface area contributed by atoms with Crippen molar-refractivity contribution in [2.45, 2.75) is 12.5 Å². The van der Waals surface area contributed by atoms with Crippen LogP contribution in [0.1, 0.15) is 12.0 Å². The zero-order valence-corrected chi connectivity index (χ0v) is 19.1. The van der Waals surface area contributed by atoms with Crippen molar-refractivity contribution in [2.75, 3.05) is 5.32 Å². The Morgan fingerprint density at radius 2 is 1.62 bits per heavy atom. The number of benzene rings is 3. The van der Waals surface area contributed by atoms with Crippen LogP contribution in [0, 0.1) is 0 Å².